The minimum Gasteiger partial charge on any atom is -0.548 e. The number of carbonyl (C=O) groups is 2. The lowest BCUT2D eigenvalue weighted by atomic mass is 10.0. The van der Waals surface area contributed by atoms with Gasteiger partial charge in [-0.1, -0.05) is 6.92 Å². The first-order chi connectivity index (χ1) is 10.8. The zero-order valence-electron chi connectivity index (χ0n) is 12.7. The monoisotopic (exact) mass is 318 g/mol. The summed E-state index contributed by atoms with van der Waals surface area (Å²) in [4.78, 5) is 34.8. The molecule has 7 heteroatoms. The molecule has 1 aromatic heterocycles. The van der Waals surface area contributed by atoms with Gasteiger partial charge in [0.25, 0.3) is 0 Å². The summed E-state index contributed by atoms with van der Waals surface area (Å²) in [6.45, 7) is 3.26. The molecule has 7 nitrogen and oxygen atoms in total. The largest absolute Gasteiger partial charge is 0.548 e. The van der Waals surface area contributed by atoms with Crippen molar-refractivity contribution in [1.29, 1.82) is 0 Å². The highest BCUT2D eigenvalue weighted by atomic mass is 16.4. The van der Waals surface area contributed by atoms with Crippen LogP contribution in [0.5, 0.6) is 5.75 Å². The Morgan fingerprint density at radius 1 is 1.39 bits per heavy atom. The number of rotatable bonds is 5. The van der Waals surface area contributed by atoms with E-state index in [2.05, 4.69) is 5.32 Å². The van der Waals surface area contributed by atoms with Crippen molar-refractivity contribution in [3.8, 4) is 5.75 Å². The maximum absolute atomic E-state index is 12.0. The van der Waals surface area contributed by atoms with E-state index in [4.69, 9.17) is 4.42 Å². The third-order valence-corrected chi connectivity index (χ3v) is 3.64. The Hall–Kier alpha value is -2.83. The van der Waals surface area contributed by atoms with Crippen molar-refractivity contribution in [3.63, 3.8) is 0 Å². The van der Waals surface area contributed by atoms with E-state index >= 15 is 0 Å². The van der Waals surface area contributed by atoms with E-state index in [0.717, 1.165) is 0 Å². The van der Waals surface area contributed by atoms with Gasteiger partial charge < -0.3 is 24.7 Å². The number of aliphatic carboxylic acids is 1. The zero-order chi connectivity index (χ0) is 17.1. The van der Waals surface area contributed by atoms with Crippen LogP contribution in [-0.4, -0.2) is 23.0 Å². The summed E-state index contributed by atoms with van der Waals surface area (Å²) in [5, 5.41) is 23.1. The summed E-state index contributed by atoms with van der Waals surface area (Å²) in [6.07, 6.45) is -0.118. The number of hydrogen-bond acceptors (Lipinski definition) is 6. The van der Waals surface area contributed by atoms with E-state index < -0.39 is 23.5 Å². The van der Waals surface area contributed by atoms with Crippen LogP contribution in [0.1, 0.15) is 24.5 Å². The number of amides is 1. The first-order valence-electron chi connectivity index (χ1n) is 7.09. The Morgan fingerprint density at radius 2 is 2.09 bits per heavy atom. The van der Waals surface area contributed by atoms with Crippen LogP contribution >= 0.6 is 0 Å². The number of benzene rings is 1. The number of carboxylic acids is 1. The van der Waals surface area contributed by atoms with Gasteiger partial charge in [0.15, 0.2) is 0 Å². The zero-order valence-corrected chi connectivity index (χ0v) is 12.7. The molecule has 1 atom stereocenters. The summed E-state index contributed by atoms with van der Waals surface area (Å²) >= 11 is 0. The molecule has 0 spiro atoms. The fourth-order valence-electron chi connectivity index (χ4n) is 2.32. The average Bonchev–Trinajstić information content (AvgIpc) is 2.48. The van der Waals surface area contributed by atoms with Gasteiger partial charge in [0.05, 0.1) is 24.0 Å². The molecule has 0 saturated carbocycles. The molecule has 2 aromatic rings. The van der Waals surface area contributed by atoms with Gasteiger partial charge in [-0.2, -0.15) is 0 Å². The number of carboxylic acid groups (broad SMARTS) is 1. The number of carbonyl (C=O) groups excluding carboxylic acids is 2. The van der Waals surface area contributed by atoms with E-state index in [1.165, 1.54) is 12.1 Å². The summed E-state index contributed by atoms with van der Waals surface area (Å²) in [6, 6.07) is 3.24. The lowest BCUT2D eigenvalue weighted by molar-refractivity contribution is -0.308. The second-order valence-electron chi connectivity index (χ2n) is 5.20. The van der Waals surface area contributed by atoms with Gasteiger partial charge in [0.2, 0.25) is 5.91 Å². The van der Waals surface area contributed by atoms with E-state index in [1.54, 1.807) is 19.9 Å². The molecule has 0 aliphatic rings. The Bertz CT molecular complexity index is 823. The Labute approximate surface area is 131 Å². The molecule has 1 heterocycles. The van der Waals surface area contributed by atoms with Gasteiger partial charge in [-0.15, -0.1) is 0 Å². The molecule has 122 valence electrons. The van der Waals surface area contributed by atoms with Crippen molar-refractivity contribution in [2.24, 2.45) is 0 Å². The van der Waals surface area contributed by atoms with Crippen molar-refractivity contribution in [2.75, 3.05) is 0 Å². The number of phenolic OH excluding ortho intramolecular Hbond substituents is 1. The van der Waals surface area contributed by atoms with Crippen LogP contribution in [0, 0.1) is 6.92 Å². The smallest absolute Gasteiger partial charge is 0.340 e. The van der Waals surface area contributed by atoms with Crippen LogP contribution < -0.4 is 16.0 Å². The molecule has 23 heavy (non-hydrogen) atoms. The number of nitrogens with one attached hydrogen (secondary N) is 1. The van der Waals surface area contributed by atoms with E-state index in [0.29, 0.717) is 10.9 Å². The highest BCUT2D eigenvalue weighted by Gasteiger charge is 2.17. The number of fused-ring (bicyclic) bond motifs is 1. The van der Waals surface area contributed by atoms with Crippen molar-refractivity contribution >= 4 is 22.8 Å². The molecule has 2 rings (SSSR count). The first kappa shape index (κ1) is 16.5. The maximum Gasteiger partial charge on any atom is 0.340 e. The highest BCUT2D eigenvalue weighted by Crippen LogP contribution is 2.23. The molecule has 0 aliphatic carbocycles. The fourth-order valence-corrected chi connectivity index (χ4v) is 2.32. The van der Waals surface area contributed by atoms with Crippen LogP contribution in [0.25, 0.3) is 11.0 Å². The molecule has 1 aromatic carbocycles. The fraction of sp³-hybridized carbons (Fsp3) is 0.312. The molecule has 0 radical (unpaired) electrons. The molecule has 1 amide bonds. The van der Waals surface area contributed by atoms with Crippen LogP contribution in [0.15, 0.2) is 27.4 Å². The number of phenols is 1. The van der Waals surface area contributed by atoms with E-state index in [-0.39, 0.29) is 29.7 Å². The molecule has 0 fully saturated rings. The standard InChI is InChI=1S/C16H17NO6/c1-3-12(15(20)21)17-14(19)7-11-8(2)10-5-4-9(18)6-13(10)23-16(11)22/h4-6,12,18H,3,7H2,1-2H3,(H,17,19)(H,20,21)/p-1/t12-/m0/s1. The van der Waals surface area contributed by atoms with Gasteiger partial charge in [-0.05, 0) is 31.0 Å². The third kappa shape index (κ3) is 3.50. The first-order valence-corrected chi connectivity index (χ1v) is 7.09. The lowest BCUT2D eigenvalue weighted by Gasteiger charge is -2.18. The molecular weight excluding hydrogens is 302 g/mol. The Kier molecular flexibility index (Phi) is 4.68. The highest BCUT2D eigenvalue weighted by molar-refractivity contribution is 5.87. The van der Waals surface area contributed by atoms with Crippen LogP contribution in [0.2, 0.25) is 0 Å². The molecule has 0 saturated heterocycles. The molecule has 0 aliphatic heterocycles. The van der Waals surface area contributed by atoms with Gasteiger partial charge in [-0.25, -0.2) is 4.79 Å². The SMILES string of the molecule is CC[C@H](NC(=O)Cc1c(C)c2ccc(O)cc2oc1=O)C(=O)[O-]. The second kappa shape index (κ2) is 6.51. The number of aryl methyl sites for hydroxylation is 1. The summed E-state index contributed by atoms with van der Waals surface area (Å²) < 4.78 is 5.11. The Balaban J connectivity index is 2.33. The van der Waals surface area contributed by atoms with Crippen molar-refractivity contribution in [3.05, 3.63) is 39.7 Å². The predicted octanol–water partition coefficient (Wildman–Crippen LogP) is -0.00578. The van der Waals surface area contributed by atoms with Crippen LogP contribution in [-0.2, 0) is 16.0 Å². The van der Waals surface area contributed by atoms with Crippen molar-refractivity contribution in [2.45, 2.75) is 32.7 Å². The normalized spacial score (nSPS) is 12.1. The number of aromatic hydroxyl groups is 1. The predicted molar refractivity (Wildman–Crippen MR) is 79.8 cm³/mol. The minimum absolute atomic E-state index is 0.0368. The second-order valence-corrected chi connectivity index (χ2v) is 5.20. The van der Waals surface area contributed by atoms with Crippen molar-refractivity contribution in [1.82, 2.24) is 5.32 Å². The van der Waals surface area contributed by atoms with Crippen LogP contribution in [0.4, 0.5) is 0 Å². The lowest BCUT2D eigenvalue weighted by Crippen LogP contribution is -2.48. The van der Waals surface area contributed by atoms with Crippen molar-refractivity contribution < 1.29 is 24.2 Å². The van der Waals surface area contributed by atoms with Gasteiger partial charge in [0, 0.05) is 11.5 Å². The average molecular weight is 318 g/mol. The quantitative estimate of drug-likeness (QED) is 0.748. The van der Waals surface area contributed by atoms with E-state index in [1.807, 2.05) is 0 Å². The van der Waals surface area contributed by atoms with Gasteiger partial charge in [0.1, 0.15) is 11.3 Å². The third-order valence-electron chi connectivity index (χ3n) is 3.64. The van der Waals surface area contributed by atoms with Crippen LogP contribution in [0.3, 0.4) is 0 Å². The molecule has 0 bridgehead atoms. The summed E-state index contributed by atoms with van der Waals surface area (Å²) in [5.74, 6) is -2.02. The van der Waals surface area contributed by atoms with Gasteiger partial charge in [-0.3, -0.25) is 4.79 Å². The van der Waals surface area contributed by atoms with E-state index in [9.17, 15) is 24.6 Å². The summed E-state index contributed by atoms with van der Waals surface area (Å²) in [7, 11) is 0. The van der Waals surface area contributed by atoms with Gasteiger partial charge >= 0.3 is 5.63 Å². The molecule has 2 N–H and O–H groups in total. The minimum atomic E-state index is -1.38. The summed E-state index contributed by atoms with van der Waals surface area (Å²) in [5.41, 5.74) is 0.219. The number of hydrogen-bond donors (Lipinski definition) is 2. The maximum atomic E-state index is 12.0. The molecular formula is C16H16NO6-. The molecule has 0 unspecified atom stereocenters. The topological polar surface area (TPSA) is 120 Å². The Morgan fingerprint density at radius 3 is 2.70 bits per heavy atom.